The first-order chi connectivity index (χ1) is 14.0. The number of allylic oxidation sites excluding steroid dienone is 1. The standard InChI is InChI=1S/C22H24BrNO5/c1-27-10-8-24(9-11-28-2)14-18-19(25)7-6-17-21(26)20(29-22(17)18)13-15-4-3-5-16(23)12-15/h3-7,12-13,25H,8-11,14H2,1-2H3/p+1/b20-13-. The quantitative estimate of drug-likeness (QED) is 0.560. The molecule has 0 bridgehead atoms. The summed E-state index contributed by atoms with van der Waals surface area (Å²) in [5.41, 5.74) is 1.95. The van der Waals surface area contributed by atoms with E-state index in [-0.39, 0.29) is 17.3 Å². The number of Topliss-reactive ketones (excluding diaryl/α,β-unsaturated/α-hetero) is 1. The van der Waals surface area contributed by atoms with Gasteiger partial charge in [-0.2, -0.15) is 0 Å². The van der Waals surface area contributed by atoms with Gasteiger partial charge in [0.25, 0.3) is 0 Å². The van der Waals surface area contributed by atoms with Crippen LogP contribution in [0, 0.1) is 0 Å². The Kier molecular flexibility index (Phi) is 7.44. The van der Waals surface area contributed by atoms with Crippen LogP contribution in [-0.4, -0.2) is 51.4 Å². The van der Waals surface area contributed by atoms with Crippen LogP contribution in [0.25, 0.3) is 6.08 Å². The fourth-order valence-corrected chi connectivity index (χ4v) is 3.68. The maximum atomic E-state index is 12.8. The highest BCUT2D eigenvalue weighted by Crippen LogP contribution is 2.39. The molecule has 2 aromatic rings. The Bertz CT molecular complexity index is 904. The highest BCUT2D eigenvalue weighted by Gasteiger charge is 2.32. The molecule has 154 valence electrons. The summed E-state index contributed by atoms with van der Waals surface area (Å²) in [6.45, 7) is 3.17. The maximum absolute atomic E-state index is 12.8. The lowest BCUT2D eigenvalue weighted by Gasteiger charge is -2.20. The normalized spacial score (nSPS) is 14.5. The predicted octanol–water partition coefficient (Wildman–Crippen LogP) is 2.45. The Morgan fingerprint density at radius 3 is 2.52 bits per heavy atom. The molecule has 0 aromatic heterocycles. The molecule has 0 saturated carbocycles. The third-order valence-electron chi connectivity index (χ3n) is 4.81. The van der Waals surface area contributed by atoms with Crippen molar-refractivity contribution in [1.29, 1.82) is 0 Å². The number of fused-ring (bicyclic) bond motifs is 1. The van der Waals surface area contributed by atoms with Crippen LogP contribution in [0.3, 0.4) is 0 Å². The van der Waals surface area contributed by atoms with Crippen molar-refractivity contribution >= 4 is 27.8 Å². The van der Waals surface area contributed by atoms with E-state index in [1.807, 2.05) is 24.3 Å². The molecule has 7 heteroatoms. The first-order valence-electron chi connectivity index (χ1n) is 9.39. The summed E-state index contributed by atoms with van der Waals surface area (Å²) >= 11 is 3.43. The van der Waals surface area contributed by atoms with Crippen molar-refractivity contribution in [3.8, 4) is 11.5 Å². The zero-order chi connectivity index (χ0) is 20.8. The third-order valence-corrected chi connectivity index (χ3v) is 5.30. The van der Waals surface area contributed by atoms with Gasteiger partial charge in [-0.15, -0.1) is 0 Å². The number of rotatable bonds is 9. The Labute approximate surface area is 178 Å². The molecule has 0 atom stereocenters. The fraction of sp³-hybridized carbons (Fsp3) is 0.318. The number of hydrogen-bond acceptors (Lipinski definition) is 5. The minimum absolute atomic E-state index is 0.118. The molecule has 1 aliphatic rings. The maximum Gasteiger partial charge on any atom is 0.231 e. The van der Waals surface area contributed by atoms with Crippen LogP contribution < -0.4 is 9.64 Å². The molecule has 0 unspecified atom stereocenters. The average molecular weight is 463 g/mol. The third kappa shape index (κ3) is 5.25. The predicted molar refractivity (Wildman–Crippen MR) is 113 cm³/mol. The summed E-state index contributed by atoms with van der Waals surface area (Å²) in [6.07, 6.45) is 1.72. The van der Waals surface area contributed by atoms with E-state index >= 15 is 0 Å². The second-order valence-electron chi connectivity index (χ2n) is 6.85. The minimum atomic E-state index is -0.184. The first-order valence-corrected chi connectivity index (χ1v) is 10.2. The van der Waals surface area contributed by atoms with Gasteiger partial charge in [-0.3, -0.25) is 4.79 Å². The van der Waals surface area contributed by atoms with Crippen molar-refractivity contribution < 1.29 is 29.0 Å². The highest BCUT2D eigenvalue weighted by atomic mass is 79.9. The van der Waals surface area contributed by atoms with Gasteiger partial charge in [0.15, 0.2) is 11.5 Å². The largest absolute Gasteiger partial charge is 0.507 e. The van der Waals surface area contributed by atoms with Gasteiger partial charge in [0.2, 0.25) is 5.78 Å². The summed E-state index contributed by atoms with van der Waals surface area (Å²) < 4.78 is 17.3. The van der Waals surface area contributed by atoms with Crippen molar-refractivity contribution in [2.24, 2.45) is 0 Å². The number of benzene rings is 2. The van der Waals surface area contributed by atoms with Crippen LogP contribution in [0.1, 0.15) is 21.5 Å². The molecule has 6 nitrogen and oxygen atoms in total. The van der Waals surface area contributed by atoms with Crippen molar-refractivity contribution in [3.63, 3.8) is 0 Å². The molecular formula is C22H25BrNO5+. The first kappa shape index (κ1) is 21.5. The SMILES string of the molecule is COCC[NH+](CCOC)Cc1c(O)ccc2c1O/C(=C\c1cccc(Br)c1)C2=O. The monoisotopic (exact) mass is 462 g/mol. The Hall–Kier alpha value is -2.19. The molecule has 0 radical (unpaired) electrons. The molecular weight excluding hydrogens is 438 g/mol. The van der Waals surface area contributed by atoms with E-state index in [2.05, 4.69) is 15.9 Å². The van der Waals surface area contributed by atoms with Crippen LogP contribution in [-0.2, 0) is 16.0 Å². The van der Waals surface area contributed by atoms with E-state index in [9.17, 15) is 9.90 Å². The van der Waals surface area contributed by atoms with Crippen LogP contribution >= 0.6 is 15.9 Å². The molecule has 29 heavy (non-hydrogen) atoms. The fourth-order valence-electron chi connectivity index (χ4n) is 3.26. The van der Waals surface area contributed by atoms with Crippen molar-refractivity contribution in [3.05, 3.63) is 63.3 Å². The number of phenolic OH excluding ortho intramolecular Hbond substituents is 1. The van der Waals surface area contributed by atoms with E-state index in [0.29, 0.717) is 36.6 Å². The lowest BCUT2D eigenvalue weighted by molar-refractivity contribution is -0.914. The Morgan fingerprint density at radius 2 is 1.86 bits per heavy atom. The number of methoxy groups -OCH3 is 2. The molecule has 0 aliphatic carbocycles. The molecule has 0 spiro atoms. The molecule has 2 aromatic carbocycles. The van der Waals surface area contributed by atoms with Gasteiger partial charge in [0, 0.05) is 18.7 Å². The summed E-state index contributed by atoms with van der Waals surface area (Å²) in [4.78, 5) is 14.0. The molecule has 1 aliphatic heterocycles. The molecule has 2 N–H and O–H groups in total. The average Bonchev–Trinajstić information content (AvgIpc) is 3.01. The number of ketones is 1. The van der Waals surface area contributed by atoms with Gasteiger partial charge in [-0.25, -0.2) is 0 Å². The number of nitrogens with one attached hydrogen (secondary N) is 1. The number of aromatic hydroxyl groups is 1. The smallest absolute Gasteiger partial charge is 0.231 e. The van der Waals surface area contributed by atoms with Crippen LogP contribution in [0.5, 0.6) is 11.5 Å². The molecule has 3 rings (SSSR count). The number of ether oxygens (including phenoxy) is 3. The Morgan fingerprint density at radius 1 is 1.14 bits per heavy atom. The van der Waals surface area contributed by atoms with E-state index in [1.54, 1.807) is 32.4 Å². The van der Waals surface area contributed by atoms with Crippen LogP contribution in [0.2, 0.25) is 0 Å². The van der Waals surface area contributed by atoms with E-state index in [4.69, 9.17) is 14.2 Å². The van der Waals surface area contributed by atoms with Crippen molar-refractivity contribution in [2.45, 2.75) is 6.54 Å². The zero-order valence-corrected chi connectivity index (χ0v) is 18.1. The second-order valence-corrected chi connectivity index (χ2v) is 7.76. The van der Waals surface area contributed by atoms with Gasteiger partial charge >= 0.3 is 0 Å². The number of hydrogen-bond donors (Lipinski definition) is 2. The summed E-state index contributed by atoms with van der Waals surface area (Å²) in [6, 6.07) is 10.8. The number of phenols is 1. The highest BCUT2D eigenvalue weighted by molar-refractivity contribution is 9.10. The van der Waals surface area contributed by atoms with Crippen molar-refractivity contribution in [1.82, 2.24) is 0 Å². The van der Waals surface area contributed by atoms with E-state index < -0.39 is 0 Å². The second kappa shape index (κ2) is 10.0. The van der Waals surface area contributed by atoms with Gasteiger partial charge in [-0.05, 0) is 35.9 Å². The summed E-state index contributed by atoms with van der Waals surface area (Å²) in [7, 11) is 3.32. The molecule has 0 fully saturated rings. The minimum Gasteiger partial charge on any atom is -0.507 e. The summed E-state index contributed by atoms with van der Waals surface area (Å²) in [5, 5.41) is 10.5. The number of carbonyl (C=O) groups excluding carboxylic acids is 1. The van der Waals surface area contributed by atoms with Crippen LogP contribution in [0.15, 0.2) is 46.6 Å². The van der Waals surface area contributed by atoms with Crippen molar-refractivity contribution in [2.75, 3.05) is 40.5 Å². The van der Waals surface area contributed by atoms with Gasteiger partial charge in [0.1, 0.15) is 25.4 Å². The topological polar surface area (TPSA) is 69.4 Å². The summed E-state index contributed by atoms with van der Waals surface area (Å²) in [5.74, 6) is 0.619. The Balaban J connectivity index is 1.89. The zero-order valence-electron chi connectivity index (χ0n) is 16.5. The van der Waals surface area contributed by atoms with Gasteiger partial charge in [0.05, 0.1) is 24.3 Å². The van der Waals surface area contributed by atoms with Gasteiger partial charge < -0.3 is 24.2 Å². The number of carbonyl (C=O) groups is 1. The molecule has 0 saturated heterocycles. The van der Waals surface area contributed by atoms with Crippen LogP contribution in [0.4, 0.5) is 0 Å². The number of quaternary nitrogens is 1. The van der Waals surface area contributed by atoms with E-state index in [1.165, 1.54) is 0 Å². The van der Waals surface area contributed by atoms with Gasteiger partial charge in [-0.1, -0.05) is 28.1 Å². The lowest BCUT2D eigenvalue weighted by Crippen LogP contribution is -3.11. The number of halogens is 1. The molecule has 0 amide bonds. The van der Waals surface area contributed by atoms with E-state index in [0.717, 1.165) is 28.0 Å². The lowest BCUT2D eigenvalue weighted by atomic mass is 10.0. The molecule has 1 heterocycles.